The molecule has 0 atom stereocenters. The van der Waals surface area contributed by atoms with Gasteiger partial charge in [0.1, 0.15) is 0 Å². The Labute approximate surface area is 146 Å². The molecule has 2 aliphatic carbocycles. The van der Waals surface area contributed by atoms with E-state index in [1.54, 1.807) is 24.4 Å². The molecule has 2 amide bonds. The van der Waals surface area contributed by atoms with Gasteiger partial charge >= 0.3 is 0 Å². The number of carbonyl (C=O) groups is 2. The molecule has 2 N–H and O–H groups in total. The third-order valence-corrected chi connectivity index (χ3v) is 4.98. The first-order valence-corrected chi connectivity index (χ1v) is 8.93. The van der Waals surface area contributed by atoms with E-state index in [-0.39, 0.29) is 17.7 Å². The second-order valence-electron chi connectivity index (χ2n) is 6.84. The van der Waals surface area contributed by atoms with Gasteiger partial charge in [-0.1, -0.05) is 12.1 Å². The van der Waals surface area contributed by atoms with E-state index in [1.807, 2.05) is 16.8 Å². The molecule has 4 rings (SSSR count). The molecule has 25 heavy (non-hydrogen) atoms. The summed E-state index contributed by atoms with van der Waals surface area (Å²) in [4.78, 5) is 24.6. The quantitative estimate of drug-likeness (QED) is 0.850. The molecule has 0 aliphatic heterocycles. The van der Waals surface area contributed by atoms with Gasteiger partial charge in [-0.2, -0.15) is 5.10 Å². The summed E-state index contributed by atoms with van der Waals surface area (Å²) in [6.07, 6.45) is 7.20. The molecule has 6 nitrogen and oxygen atoms in total. The van der Waals surface area contributed by atoms with Crippen LogP contribution >= 0.6 is 0 Å². The maximum absolute atomic E-state index is 12.6. The molecular weight excluding hydrogens is 316 g/mol. The maximum atomic E-state index is 12.6. The number of hydrogen-bond donors (Lipinski definition) is 2. The van der Waals surface area contributed by atoms with E-state index in [2.05, 4.69) is 15.7 Å². The number of rotatable bonds is 6. The minimum Gasteiger partial charge on any atom is -0.346 e. The van der Waals surface area contributed by atoms with Gasteiger partial charge in [-0.3, -0.25) is 14.3 Å². The second-order valence-corrected chi connectivity index (χ2v) is 6.84. The molecule has 130 valence electrons. The number of anilines is 1. The second kappa shape index (κ2) is 6.70. The minimum atomic E-state index is -0.187. The van der Waals surface area contributed by atoms with Gasteiger partial charge in [-0.05, 0) is 50.3 Å². The van der Waals surface area contributed by atoms with Crippen molar-refractivity contribution in [2.45, 2.75) is 44.7 Å². The largest absolute Gasteiger partial charge is 0.346 e. The van der Waals surface area contributed by atoms with E-state index >= 15 is 0 Å². The molecule has 6 heteroatoms. The summed E-state index contributed by atoms with van der Waals surface area (Å²) in [6.45, 7) is 0.431. The Hall–Kier alpha value is -2.63. The van der Waals surface area contributed by atoms with Crippen LogP contribution in [0.4, 0.5) is 5.69 Å². The summed E-state index contributed by atoms with van der Waals surface area (Å²) in [6, 6.07) is 9.55. The van der Waals surface area contributed by atoms with Gasteiger partial charge in [-0.15, -0.1) is 0 Å². The maximum Gasteiger partial charge on any atom is 0.253 e. The molecule has 1 aromatic heterocycles. The van der Waals surface area contributed by atoms with Crippen molar-refractivity contribution in [3.63, 3.8) is 0 Å². The zero-order valence-corrected chi connectivity index (χ0v) is 14.1. The summed E-state index contributed by atoms with van der Waals surface area (Å²) in [5.74, 6) is -0.0793. The van der Waals surface area contributed by atoms with Crippen LogP contribution in [0.1, 0.15) is 54.2 Å². The third-order valence-electron chi connectivity index (χ3n) is 4.98. The number of amides is 2. The van der Waals surface area contributed by atoms with Gasteiger partial charge in [0, 0.05) is 12.1 Å². The van der Waals surface area contributed by atoms with E-state index in [9.17, 15) is 9.59 Å². The number of hydrogen-bond acceptors (Lipinski definition) is 3. The molecule has 2 aromatic rings. The number of aromatic nitrogens is 2. The van der Waals surface area contributed by atoms with Gasteiger partial charge in [-0.25, -0.2) is 0 Å². The standard InChI is InChI=1S/C19H22N4O2/c24-18(13-8-9-13)22-17-7-2-1-6-16(17)19(25)20-12-15-10-11-21-23(15)14-4-3-5-14/h1-2,6-7,10-11,13-14H,3-5,8-9,12H2,(H,20,25)(H,22,24). The lowest BCUT2D eigenvalue weighted by atomic mass is 9.93. The molecule has 2 saturated carbocycles. The highest BCUT2D eigenvalue weighted by atomic mass is 16.2. The monoisotopic (exact) mass is 338 g/mol. The minimum absolute atomic E-state index is 0.00306. The Bertz CT molecular complexity index is 790. The summed E-state index contributed by atoms with van der Waals surface area (Å²) in [5.41, 5.74) is 2.08. The molecule has 1 heterocycles. The zero-order chi connectivity index (χ0) is 17.2. The van der Waals surface area contributed by atoms with Crippen molar-refractivity contribution < 1.29 is 9.59 Å². The van der Waals surface area contributed by atoms with E-state index < -0.39 is 0 Å². The van der Waals surface area contributed by atoms with Crippen molar-refractivity contribution in [3.05, 3.63) is 47.8 Å². The van der Waals surface area contributed by atoms with Gasteiger partial charge in [0.15, 0.2) is 0 Å². The smallest absolute Gasteiger partial charge is 0.253 e. The van der Waals surface area contributed by atoms with Gasteiger partial charge in [0.25, 0.3) is 5.91 Å². The first-order valence-electron chi connectivity index (χ1n) is 8.93. The van der Waals surface area contributed by atoms with E-state index in [0.29, 0.717) is 23.8 Å². The van der Waals surface area contributed by atoms with Crippen molar-refractivity contribution >= 4 is 17.5 Å². The van der Waals surface area contributed by atoms with Crippen molar-refractivity contribution in [2.24, 2.45) is 5.92 Å². The lowest BCUT2D eigenvalue weighted by Crippen LogP contribution is -2.28. The van der Waals surface area contributed by atoms with Crippen molar-refractivity contribution in [2.75, 3.05) is 5.32 Å². The van der Waals surface area contributed by atoms with E-state index in [4.69, 9.17) is 0 Å². The molecule has 0 spiro atoms. The van der Waals surface area contributed by atoms with Crippen LogP contribution in [0.25, 0.3) is 0 Å². The highest BCUT2D eigenvalue weighted by Gasteiger charge is 2.30. The third kappa shape index (κ3) is 3.43. The summed E-state index contributed by atoms with van der Waals surface area (Å²) >= 11 is 0. The van der Waals surface area contributed by atoms with Crippen LogP contribution in [0.15, 0.2) is 36.5 Å². The van der Waals surface area contributed by atoms with Gasteiger partial charge in [0.2, 0.25) is 5.91 Å². The highest BCUT2D eigenvalue weighted by molar-refractivity contribution is 6.04. The zero-order valence-electron chi connectivity index (χ0n) is 14.1. The average Bonchev–Trinajstić information content (AvgIpc) is 3.33. The van der Waals surface area contributed by atoms with Gasteiger partial charge < -0.3 is 10.6 Å². The Morgan fingerprint density at radius 3 is 2.64 bits per heavy atom. The molecule has 0 radical (unpaired) electrons. The molecular formula is C19H22N4O2. The van der Waals surface area contributed by atoms with Crippen LogP contribution in [-0.2, 0) is 11.3 Å². The topological polar surface area (TPSA) is 76.0 Å². The fourth-order valence-electron chi connectivity index (χ4n) is 3.08. The van der Waals surface area contributed by atoms with E-state index in [1.165, 1.54) is 6.42 Å². The van der Waals surface area contributed by atoms with Crippen molar-refractivity contribution in [1.29, 1.82) is 0 Å². The molecule has 0 bridgehead atoms. The van der Waals surface area contributed by atoms with Gasteiger partial charge in [0.05, 0.1) is 29.5 Å². The van der Waals surface area contributed by atoms with Crippen LogP contribution in [0.2, 0.25) is 0 Å². The lowest BCUT2D eigenvalue weighted by molar-refractivity contribution is -0.117. The SMILES string of the molecule is O=C(NCc1ccnn1C1CCC1)c1ccccc1NC(=O)C1CC1. The van der Waals surface area contributed by atoms with Crippen molar-refractivity contribution in [1.82, 2.24) is 15.1 Å². The fourth-order valence-corrected chi connectivity index (χ4v) is 3.08. The number of para-hydroxylation sites is 1. The normalized spacial score (nSPS) is 17.0. The Morgan fingerprint density at radius 2 is 1.92 bits per heavy atom. The summed E-state index contributed by atoms with van der Waals surface area (Å²) in [7, 11) is 0. The summed E-state index contributed by atoms with van der Waals surface area (Å²) < 4.78 is 2.02. The Kier molecular flexibility index (Phi) is 4.26. The molecule has 0 unspecified atom stereocenters. The molecule has 1 aromatic carbocycles. The van der Waals surface area contributed by atoms with Crippen molar-refractivity contribution in [3.8, 4) is 0 Å². The highest BCUT2D eigenvalue weighted by Crippen LogP contribution is 2.32. The van der Waals surface area contributed by atoms with E-state index in [0.717, 1.165) is 31.4 Å². The van der Waals surface area contributed by atoms with Crippen LogP contribution < -0.4 is 10.6 Å². The molecule has 2 aliphatic rings. The summed E-state index contributed by atoms with van der Waals surface area (Å²) in [5, 5.41) is 10.2. The predicted octanol–water partition coefficient (Wildman–Crippen LogP) is 2.89. The predicted molar refractivity (Wildman–Crippen MR) is 94.1 cm³/mol. The number of nitrogens with one attached hydrogen (secondary N) is 2. The Balaban J connectivity index is 1.42. The number of carbonyl (C=O) groups excluding carboxylic acids is 2. The first-order chi connectivity index (χ1) is 12.2. The van der Waals surface area contributed by atoms with Crippen LogP contribution in [0.3, 0.4) is 0 Å². The fraction of sp³-hybridized carbons (Fsp3) is 0.421. The Morgan fingerprint density at radius 1 is 1.12 bits per heavy atom. The molecule has 0 saturated heterocycles. The first kappa shape index (κ1) is 15.9. The van der Waals surface area contributed by atoms with Crippen LogP contribution in [0, 0.1) is 5.92 Å². The number of nitrogens with zero attached hydrogens (tertiary/aromatic N) is 2. The van der Waals surface area contributed by atoms with Crippen LogP contribution in [0.5, 0.6) is 0 Å². The average molecular weight is 338 g/mol. The molecule has 2 fully saturated rings. The van der Waals surface area contributed by atoms with Crippen LogP contribution in [-0.4, -0.2) is 21.6 Å². The number of benzene rings is 1. The lowest BCUT2D eigenvalue weighted by Gasteiger charge is -2.27.